The van der Waals surface area contributed by atoms with Gasteiger partial charge in [-0.25, -0.2) is 4.68 Å². The Morgan fingerprint density at radius 1 is 1.26 bits per heavy atom. The quantitative estimate of drug-likeness (QED) is 0.887. The van der Waals surface area contributed by atoms with E-state index in [0.717, 1.165) is 25.1 Å². The molecule has 5 nitrogen and oxygen atoms in total. The number of ether oxygens (including phenoxy) is 1. The second-order valence-electron chi connectivity index (χ2n) is 5.93. The molecule has 0 bridgehead atoms. The molecule has 0 aliphatic heterocycles. The summed E-state index contributed by atoms with van der Waals surface area (Å²) in [7, 11) is 0. The van der Waals surface area contributed by atoms with Crippen molar-refractivity contribution < 1.29 is 9.53 Å². The minimum atomic E-state index is -0.163. The Hall–Kier alpha value is -2.30. The number of carbonyl (C=O) groups is 1. The topological polar surface area (TPSA) is 56.1 Å². The van der Waals surface area contributed by atoms with Gasteiger partial charge in [0.25, 0.3) is 5.91 Å². The van der Waals surface area contributed by atoms with E-state index in [1.54, 1.807) is 6.20 Å². The zero-order valence-electron chi connectivity index (χ0n) is 13.5. The molecule has 1 N–H and O–H groups in total. The maximum absolute atomic E-state index is 12.1. The van der Waals surface area contributed by atoms with Crippen molar-refractivity contribution in [3.63, 3.8) is 0 Å². The number of hydrogen-bond donors (Lipinski definition) is 1. The number of benzene rings is 1. The van der Waals surface area contributed by atoms with Gasteiger partial charge in [-0.1, -0.05) is 31.9 Å². The van der Waals surface area contributed by atoms with Gasteiger partial charge in [0.05, 0.1) is 12.2 Å². The second-order valence-corrected chi connectivity index (χ2v) is 5.93. The number of carbonyl (C=O) groups excluding carboxylic acids is 1. The molecule has 5 heteroatoms. The van der Waals surface area contributed by atoms with Crippen molar-refractivity contribution in [1.29, 1.82) is 0 Å². The molecule has 0 saturated heterocycles. The second kappa shape index (κ2) is 7.31. The molecule has 1 heterocycles. The number of anilines is 1. The molecular weight excluding hydrogens is 290 g/mol. The van der Waals surface area contributed by atoms with Crippen molar-refractivity contribution in [3.8, 4) is 5.75 Å². The van der Waals surface area contributed by atoms with Crippen LogP contribution in [0.3, 0.4) is 0 Å². The van der Waals surface area contributed by atoms with Crippen LogP contribution < -0.4 is 10.1 Å². The Kier molecular flexibility index (Phi) is 4.95. The van der Waals surface area contributed by atoms with E-state index in [1.165, 1.54) is 18.4 Å². The summed E-state index contributed by atoms with van der Waals surface area (Å²) in [6, 6.07) is 10.1. The van der Waals surface area contributed by atoms with Gasteiger partial charge in [-0.3, -0.25) is 4.79 Å². The van der Waals surface area contributed by atoms with E-state index >= 15 is 0 Å². The Labute approximate surface area is 136 Å². The highest BCUT2D eigenvalue weighted by molar-refractivity contribution is 5.91. The third-order valence-electron chi connectivity index (χ3n) is 4.31. The molecule has 1 aromatic carbocycles. The minimum absolute atomic E-state index is 0.00131. The molecule has 1 aromatic heterocycles. The van der Waals surface area contributed by atoms with Gasteiger partial charge in [-0.15, -0.1) is 0 Å². The van der Waals surface area contributed by atoms with Crippen molar-refractivity contribution in [2.45, 2.75) is 45.1 Å². The molecule has 1 aliphatic rings. The Morgan fingerprint density at radius 3 is 2.70 bits per heavy atom. The number of nitrogens with zero attached hydrogens (tertiary/aromatic N) is 2. The highest BCUT2D eigenvalue weighted by atomic mass is 16.5. The van der Waals surface area contributed by atoms with Crippen LogP contribution >= 0.6 is 0 Å². The minimum Gasteiger partial charge on any atom is -0.484 e. The zero-order valence-corrected chi connectivity index (χ0v) is 13.5. The highest BCUT2D eigenvalue weighted by Crippen LogP contribution is 2.31. The maximum Gasteiger partial charge on any atom is 0.263 e. The summed E-state index contributed by atoms with van der Waals surface area (Å²) >= 11 is 0. The molecule has 1 aliphatic carbocycles. The van der Waals surface area contributed by atoms with Crippen LogP contribution in [0.4, 0.5) is 5.82 Å². The van der Waals surface area contributed by atoms with Crippen LogP contribution in [0.5, 0.6) is 5.75 Å². The average Bonchev–Trinajstić information content (AvgIpc) is 3.24. The fourth-order valence-electron chi connectivity index (χ4n) is 3.00. The largest absolute Gasteiger partial charge is 0.484 e. The van der Waals surface area contributed by atoms with Crippen molar-refractivity contribution in [2.24, 2.45) is 0 Å². The molecule has 1 amide bonds. The molecule has 0 radical (unpaired) electrons. The fourth-order valence-corrected chi connectivity index (χ4v) is 3.00. The van der Waals surface area contributed by atoms with Crippen LogP contribution in [0, 0.1) is 0 Å². The summed E-state index contributed by atoms with van der Waals surface area (Å²) in [5, 5.41) is 7.25. The molecule has 1 fully saturated rings. The van der Waals surface area contributed by atoms with Crippen molar-refractivity contribution in [1.82, 2.24) is 9.78 Å². The van der Waals surface area contributed by atoms with E-state index in [4.69, 9.17) is 4.74 Å². The Morgan fingerprint density at radius 2 is 2.00 bits per heavy atom. The van der Waals surface area contributed by atoms with E-state index in [-0.39, 0.29) is 12.5 Å². The maximum atomic E-state index is 12.1. The predicted octanol–water partition coefficient (Wildman–Crippen LogP) is 3.58. The molecule has 2 aromatic rings. The Bertz CT molecular complexity index is 643. The lowest BCUT2D eigenvalue weighted by molar-refractivity contribution is -0.118. The summed E-state index contributed by atoms with van der Waals surface area (Å²) in [4.78, 5) is 12.1. The molecule has 122 valence electrons. The fraction of sp³-hybridized carbons (Fsp3) is 0.444. The smallest absolute Gasteiger partial charge is 0.263 e. The van der Waals surface area contributed by atoms with Gasteiger partial charge in [0.15, 0.2) is 6.61 Å². The SMILES string of the molecule is CCc1ccc(OCC(=O)Nc2ccnn2C2CCCC2)cc1. The molecule has 0 atom stereocenters. The van der Waals surface area contributed by atoms with Crippen molar-refractivity contribution >= 4 is 11.7 Å². The lowest BCUT2D eigenvalue weighted by Crippen LogP contribution is -2.23. The van der Waals surface area contributed by atoms with Gasteiger partial charge in [0, 0.05) is 6.07 Å². The number of aromatic nitrogens is 2. The molecule has 3 rings (SSSR count). The van der Waals surface area contributed by atoms with Gasteiger partial charge in [0.1, 0.15) is 11.6 Å². The molecular formula is C18H23N3O2. The Balaban J connectivity index is 1.54. The van der Waals surface area contributed by atoms with Crippen LogP contribution in [0.25, 0.3) is 0 Å². The summed E-state index contributed by atoms with van der Waals surface area (Å²) in [6.45, 7) is 2.11. The van der Waals surface area contributed by atoms with E-state index in [1.807, 2.05) is 35.0 Å². The van der Waals surface area contributed by atoms with Gasteiger partial charge in [-0.2, -0.15) is 5.10 Å². The third kappa shape index (κ3) is 3.92. The van der Waals surface area contributed by atoms with Crippen LogP contribution in [0.1, 0.15) is 44.2 Å². The normalized spacial score (nSPS) is 14.8. The monoisotopic (exact) mass is 313 g/mol. The van der Waals surface area contributed by atoms with Gasteiger partial charge in [-0.05, 0) is 37.0 Å². The molecule has 1 saturated carbocycles. The number of amides is 1. The first-order chi connectivity index (χ1) is 11.3. The zero-order chi connectivity index (χ0) is 16.1. The van der Waals surface area contributed by atoms with Crippen molar-refractivity contribution in [2.75, 3.05) is 11.9 Å². The summed E-state index contributed by atoms with van der Waals surface area (Å²) in [5.41, 5.74) is 1.25. The number of aryl methyl sites for hydroxylation is 1. The molecule has 23 heavy (non-hydrogen) atoms. The average molecular weight is 313 g/mol. The van der Waals surface area contributed by atoms with E-state index < -0.39 is 0 Å². The van der Waals surface area contributed by atoms with Crippen LogP contribution in [0.15, 0.2) is 36.5 Å². The lowest BCUT2D eigenvalue weighted by Gasteiger charge is -2.14. The summed E-state index contributed by atoms with van der Waals surface area (Å²) < 4.78 is 7.47. The molecule has 0 unspecified atom stereocenters. The van der Waals surface area contributed by atoms with Crippen molar-refractivity contribution in [3.05, 3.63) is 42.1 Å². The lowest BCUT2D eigenvalue weighted by atomic mass is 10.2. The third-order valence-corrected chi connectivity index (χ3v) is 4.31. The van der Waals surface area contributed by atoms with Gasteiger partial charge < -0.3 is 10.1 Å². The number of hydrogen-bond acceptors (Lipinski definition) is 3. The van der Waals surface area contributed by atoms with Crippen LogP contribution in [-0.4, -0.2) is 22.3 Å². The van der Waals surface area contributed by atoms with Crippen LogP contribution in [0.2, 0.25) is 0 Å². The van der Waals surface area contributed by atoms with Gasteiger partial charge in [0.2, 0.25) is 0 Å². The first-order valence-electron chi connectivity index (χ1n) is 8.31. The number of nitrogens with one attached hydrogen (secondary N) is 1. The van der Waals surface area contributed by atoms with E-state index in [9.17, 15) is 4.79 Å². The van der Waals surface area contributed by atoms with Gasteiger partial charge >= 0.3 is 0 Å². The predicted molar refractivity (Wildman–Crippen MR) is 89.7 cm³/mol. The van der Waals surface area contributed by atoms with E-state index in [2.05, 4.69) is 17.3 Å². The first kappa shape index (κ1) is 15.6. The first-order valence-corrected chi connectivity index (χ1v) is 8.31. The standard InChI is InChI=1S/C18H23N3O2/c1-2-14-7-9-16(10-8-14)23-13-18(22)20-17-11-12-19-21(17)15-5-3-4-6-15/h7-12,15H,2-6,13H2,1H3,(H,20,22). The number of rotatable bonds is 6. The summed E-state index contributed by atoms with van der Waals surface area (Å²) in [6.07, 6.45) is 7.45. The molecule has 0 spiro atoms. The van der Waals surface area contributed by atoms with Crippen LogP contribution in [-0.2, 0) is 11.2 Å². The highest BCUT2D eigenvalue weighted by Gasteiger charge is 2.20. The summed E-state index contributed by atoms with van der Waals surface area (Å²) in [5.74, 6) is 1.30. The van der Waals surface area contributed by atoms with E-state index in [0.29, 0.717) is 11.8 Å².